The quantitative estimate of drug-likeness (QED) is 0.582. The second kappa shape index (κ2) is 3.70. The molecule has 0 aromatic heterocycles. The minimum atomic E-state index is 0.331. The maximum atomic E-state index is 11.3. The Morgan fingerprint density at radius 2 is 2.08 bits per heavy atom. The molecule has 0 saturated carbocycles. The molecule has 0 heterocycles. The van der Waals surface area contributed by atoms with E-state index in [2.05, 4.69) is 13.0 Å². The van der Waals surface area contributed by atoms with Gasteiger partial charge in [0.25, 0.3) is 0 Å². The van der Waals surface area contributed by atoms with E-state index in [4.69, 9.17) is 0 Å². The second-order valence-electron chi connectivity index (χ2n) is 3.35. The van der Waals surface area contributed by atoms with E-state index < -0.39 is 0 Å². The number of hydrogen-bond acceptors (Lipinski definition) is 1. The van der Waals surface area contributed by atoms with Gasteiger partial charge >= 0.3 is 0 Å². The summed E-state index contributed by atoms with van der Waals surface area (Å²) in [5.74, 6) is 0.331. The number of Topliss-reactive ketones (excluding diaryl/α,β-unsaturated/α-hetero) is 1. The van der Waals surface area contributed by atoms with Crippen LogP contribution in [0.2, 0.25) is 0 Å². The molecule has 0 spiro atoms. The number of allylic oxidation sites excluding steroid dienone is 4. The highest BCUT2D eigenvalue weighted by molar-refractivity contribution is 5.97. The Labute approximate surface area is 74.2 Å². The Morgan fingerprint density at radius 1 is 1.42 bits per heavy atom. The zero-order valence-corrected chi connectivity index (χ0v) is 8.11. The lowest BCUT2D eigenvalue weighted by Crippen LogP contribution is -2.09. The fourth-order valence-corrected chi connectivity index (χ4v) is 1.64. The van der Waals surface area contributed by atoms with Crippen molar-refractivity contribution in [2.45, 2.75) is 40.0 Å². The summed E-state index contributed by atoms with van der Waals surface area (Å²) in [7, 11) is 0. The molecule has 0 radical (unpaired) electrons. The maximum absolute atomic E-state index is 11.3. The van der Waals surface area contributed by atoms with Gasteiger partial charge in [-0.3, -0.25) is 4.79 Å². The number of hydrogen-bond donors (Lipinski definition) is 0. The van der Waals surface area contributed by atoms with Crippen LogP contribution in [0.25, 0.3) is 0 Å². The topological polar surface area (TPSA) is 17.1 Å². The van der Waals surface area contributed by atoms with Gasteiger partial charge in [0.05, 0.1) is 0 Å². The van der Waals surface area contributed by atoms with Crippen molar-refractivity contribution >= 4 is 5.78 Å². The zero-order chi connectivity index (χ0) is 9.14. The molecule has 0 aromatic carbocycles. The van der Waals surface area contributed by atoms with Crippen LogP contribution in [0.3, 0.4) is 0 Å². The van der Waals surface area contributed by atoms with Gasteiger partial charge in [-0.1, -0.05) is 11.6 Å². The predicted molar refractivity (Wildman–Crippen MR) is 51.0 cm³/mol. The Morgan fingerprint density at radius 3 is 2.67 bits per heavy atom. The van der Waals surface area contributed by atoms with E-state index in [1.54, 1.807) is 0 Å². The SMILES string of the molecule is C/C=C(\C)C1=C(C)C(=O)CCC1. The van der Waals surface area contributed by atoms with Crippen LogP contribution in [0, 0.1) is 0 Å². The minimum absolute atomic E-state index is 0.331. The Hall–Kier alpha value is -0.850. The van der Waals surface area contributed by atoms with E-state index in [9.17, 15) is 4.79 Å². The van der Waals surface area contributed by atoms with Crippen molar-refractivity contribution < 1.29 is 4.79 Å². The summed E-state index contributed by atoms with van der Waals surface area (Å²) in [5, 5.41) is 0. The molecule has 66 valence electrons. The molecule has 0 bridgehead atoms. The van der Waals surface area contributed by atoms with Gasteiger partial charge in [0, 0.05) is 6.42 Å². The lowest BCUT2D eigenvalue weighted by Gasteiger charge is -2.16. The fourth-order valence-electron chi connectivity index (χ4n) is 1.64. The molecule has 0 fully saturated rings. The van der Waals surface area contributed by atoms with E-state index >= 15 is 0 Å². The lowest BCUT2D eigenvalue weighted by molar-refractivity contribution is -0.116. The van der Waals surface area contributed by atoms with E-state index in [-0.39, 0.29) is 0 Å². The van der Waals surface area contributed by atoms with E-state index in [1.807, 2.05) is 13.8 Å². The zero-order valence-electron chi connectivity index (χ0n) is 8.11. The first-order valence-corrected chi connectivity index (χ1v) is 4.53. The molecular weight excluding hydrogens is 148 g/mol. The molecule has 0 unspecified atom stereocenters. The smallest absolute Gasteiger partial charge is 0.158 e. The number of rotatable bonds is 1. The summed E-state index contributed by atoms with van der Waals surface area (Å²) >= 11 is 0. The third-order valence-electron chi connectivity index (χ3n) is 2.61. The highest BCUT2D eigenvalue weighted by atomic mass is 16.1. The van der Waals surface area contributed by atoms with Gasteiger partial charge in [0.2, 0.25) is 0 Å². The molecule has 1 aliphatic carbocycles. The first kappa shape index (κ1) is 9.24. The summed E-state index contributed by atoms with van der Waals surface area (Å²) in [6, 6.07) is 0. The number of carbonyl (C=O) groups is 1. The molecule has 0 aliphatic heterocycles. The summed E-state index contributed by atoms with van der Waals surface area (Å²) in [6.07, 6.45) is 4.92. The number of ketones is 1. The molecular formula is C11H16O. The highest BCUT2D eigenvalue weighted by Gasteiger charge is 2.16. The Kier molecular flexibility index (Phi) is 2.85. The van der Waals surface area contributed by atoms with Crippen molar-refractivity contribution in [2.24, 2.45) is 0 Å². The summed E-state index contributed by atoms with van der Waals surface area (Å²) in [5.41, 5.74) is 3.52. The standard InChI is InChI=1S/C11H16O/c1-4-8(2)10-6-5-7-11(12)9(10)3/h4H,5-7H2,1-3H3/b8-4+. The lowest BCUT2D eigenvalue weighted by atomic mass is 9.88. The third-order valence-corrected chi connectivity index (χ3v) is 2.61. The number of carbonyl (C=O) groups excluding carboxylic acids is 1. The van der Waals surface area contributed by atoms with E-state index in [0.717, 1.165) is 24.8 Å². The van der Waals surface area contributed by atoms with Crippen LogP contribution in [0.5, 0.6) is 0 Å². The average molecular weight is 164 g/mol. The van der Waals surface area contributed by atoms with Crippen LogP contribution in [0.15, 0.2) is 22.8 Å². The van der Waals surface area contributed by atoms with Gasteiger partial charge in [0.1, 0.15) is 0 Å². The van der Waals surface area contributed by atoms with Crippen LogP contribution in [0.4, 0.5) is 0 Å². The Balaban J connectivity index is 3.01. The first-order valence-electron chi connectivity index (χ1n) is 4.53. The van der Waals surface area contributed by atoms with Crippen molar-refractivity contribution in [1.29, 1.82) is 0 Å². The van der Waals surface area contributed by atoms with Gasteiger partial charge in [-0.15, -0.1) is 0 Å². The monoisotopic (exact) mass is 164 g/mol. The van der Waals surface area contributed by atoms with Crippen molar-refractivity contribution in [2.75, 3.05) is 0 Å². The van der Waals surface area contributed by atoms with Crippen LogP contribution in [-0.2, 0) is 4.79 Å². The second-order valence-corrected chi connectivity index (χ2v) is 3.35. The van der Waals surface area contributed by atoms with Gasteiger partial charge in [0.15, 0.2) is 5.78 Å². The molecule has 0 atom stereocenters. The van der Waals surface area contributed by atoms with Crippen molar-refractivity contribution in [3.05, 3.63) is 22.8 Å². The summed E-state index contributed by atoms with van der Waals surface area (Å²) in [6.45, 7) is 6.05. The maximum Gasteiger partial charge on any atom is 0.158 e. The Bertz CT molecular complexity index is 256. The molecule has 1 nitrogen and oxygen atoms in total. The van der Waals surface area contributed by atoms with Gasteiger partial charge < -0.3 is 0 Å². The molecule has 0 amide bonds. The van der Waals surface area contributed by atoms with Crippen LogP contribution in [0.1, 0.15) is 40.0 Å². The molecule has 0 aromatic rings. The molecule has 1 rings (SSSR count). The normalized spacial score (nSPS) is 20.2. The van der Waals surface area contributed by atoms with Crippen LogP contribution in [-0.4, -0.2) is 5.78 Å². The first-order chi connectivity index (χ1) is 5.66. The van der Waals surface area contributed by atoms with Crippen LogP contribution >= 0.6 is 0 Å². The summed E-state index contributed by atoms with van der Waals surface area (Å²) < 4.78 is 0. The minimum Gasteiger partial charge on any atom is -0.295 e. The summed E-state index contributed by atoms with van der Waals surface area (Å²) in [4.78, 5) is 11.3. The highest BCUT2D eigenvalue weighted by Crippen LogP contribution is 2.26. The van der Waals surface area contributed by atoms with Crippen LogP contribution < -0.4 is 0 Å². The van der Waals surface area contributed by atoms with Crippen molar-refractivity contribution in [1.82, 2.24) is 0 Å². The fraction of sp³-hybridized carbons (Fsp3) is 0.545. The molecule has 1 aliphatic rings. The molecule has 0 saturated heterocycles. The van der Waals surface area contributed by atoms with Gasteiger partial charge in [-0.25, -0.2) is 0 Å². The molecule has 12 heavy (non-hydrogen) atoms. The van der Waals surface area contributed by atoms with E-state index in [0.29, 0.717) is 5.78 Å². The average Bonchev–Trinajstić information content (AvgIpc) is 2.08. The third kappa shape index (κ3) is 1.66. The van der Waals surface area contributed by atoms with E-state index in [1.165, 1.54) is 11.1 Å². The largest absolute Gasteiger partial charge is 0.295 e. The molecule has 0 N–H and O–H groups in total. The van der Waals surface area contributed by atoms with Gasteiger partial charge in [-0.05, 0) is 44.8 Å². The van der Waals surface area contributed by atoms with Crippen molar-refractivity contribution in [3.8, 4) is 0 Å². The van der Waals surface area contributed by atoms with Crippen molar-refractivity contribution in [3.63, 3.8) is 0 Å². The molecule has 1 heteroatoms. The van der Waals surface area contributed by atoms with Gasteiger partial charge in [-0.2, -0.15) is 0 Å². The predicted octanol–water partition coefficient (Wildman–Crippen LogP) is 3.02.